The second kappa shape index (κ2) is 8.70. The highest BCUT2D eigenvalue weighted by atomic mass is 79.9. The molecule has 2 aromatic rings. The van der Waals surface area contributed by atoms with Crippen molar-refractivity contribution in [3.8, 4) is 5.75 Å². The van der Waals surface area contributed by atoms with Gasteiger partial charge in [-0.3, -0.25) is 4.79 Å². The van der Waals surface area contributed by atoms with Crippen molar-refractivity contribution < 1.29 is 9.53 Å². The minimum absolute atomic E-state index is 0. The Morgan fingerprint density at radius 3 is 2.83 bits per heavy atom. The molecule has 6 heteroatoms. The van der Waals surface area contributed by atoms with Crippen molar-refractivity contribution in [2.75, 3.05) is 26.7 Å². The van der Waals surface area contributed by atoms with E-state index in [0.29, 0.717) is 6.04 Å². The molecule has 0 radical (unpaired) electrons. The molecule has 0 spiro atoms. The highest BCUT2D eigenvalue weighted by molar-refractivity contribution is 9.10. The largest absolute Gasteiger partial charge is 0.484 e. The Balaban J connectivity index is 0.00000208. The number of rotatable bonds is 5. The second-order valence-electron chi connectivity index (χ2n) is 5.88. The van der Waals surface area contributed by atoms with Gasteiger partial charge in [-0.15, -0.1) is 12.4 Å². The number of halogens is 2. The monoisotopic (exact) mass is 412 g/mol. The maximum absolute atomic E-state index is 12.4. The Kier molecular flexibility index (Phi) is 6.90. The number of nitrogens with zero attached hydrogens (tertiary/aromatic N) is 1. The van der Waals surface area contributed by atoms with E-state index in [-0.39, 0.29) is 24.9 Å². The van der Waals surface area contributed by atoms with E-state index in [2.05, 4.69) is 27.3 Å². The smallest absolute Gasteiger partial charge is 0.260 e. The van der Waals surface area contributed by atoms with Gasteiger partial charge in [0, 0.05) is 23.6 Å². The number of fused-ring (bicyclic) bond motifs is 1. The van der Waals surface area contributed by atoms with Gasteiger partial charge in [-0.25, -0.2) is 0 Å². The van der Waals surface area contributed by atoms with Crippen molar-refractivity contribution in [1.29, 1.82) is 0 Å². The third-order valence-electron chi connectivity index (χ3n) is 4.27. The van der Waals surface area contributed by atoms with Gasteiger partial charge >= 0.3 is 0 Å². The number of carbonyl (C=O) groups excluding carboxylic acids is 1. The van der Waals surface area contributed by atoms with E-state index in [1.54, 1.807) is 0 Å². The SMILES string of the molecule is CNCC1CCCN1C(=O)COc1ccc2cc(Br)ccc2c1.Cl. The molecule has 0 aromatic heterocycles. The summed E-state index contributed by atoms with van der Waals surface area (Å²) in [6.45, 7) is 1.78. The third-order valence-corrected chi connectivity index (χ3v) is 4.77. The number of likely N-dealkylation sites (tertiary alicyclic amines) is 1. The zero-order valence-corrected chi connectivity index (χ0v) is 16.0. The zero-order chi connectivity index (χ0) is 16.2. The van der Waals surface area contributed by atoms with Gasteiger partial charge in [0.15, 0.2) is 6.61 Å². The van der Waals surface area contributed by atoms with Crippen LogP contribution in [0.25, 0.3) is 10.8 Å². The molecule has 1 heterocycles. The van der Waals surface area contributed by atoms with Crippen LogP contribution in [-0.4, -0.2) is 43.6 Å². The quantitative estimate of drug-likeness (QED) is 0.814. The summed E-state index contributed by atoms with van der Waals surface area (Å²) in [5.41, 5.74) is 0. The second-order valence-corrected chi connectivity index (χ2v) is 6.80. The van der Waals surface area contributed by atoms with E-state index >= 15 is 0 Å². The van der Waals surface area contributed by atoms with E-state index in [9.17, 15) is 4.79 Å². The van der Waals surface area contributed by atoms with Crippen molar-refractivity contribution in [2.24, 2.45) is 0 Å². The molecule has 1 atom stereocenters. The van der Waals surface area contributed by atoms with Crippen LogP contribution in [0.1, 0.15) is 12.8 Å². The van der Waals surface area contributed by atoms with Crippen molar-refractivity contribution in [2.45, 2.75) is 18.9 Å². The number of carbonyl (C=O) groups is 1. The van der Waals surface area contributed by atoms with Crippen LogP contribution in [0.15, 0.2) is 40.9 Å². The van der Waals surface area contributed by atoms with Crippen LogP contribution in [0, 0.1) is 0 Å². The summed E-state index contributed by atoms with van der Waals surface area (Å²) in [7, 11) is 1.92. The van der Waals surface area contributed by atoms with E-state index in [1.165, 1.54) is 0 Å². The van der Waals surface area contributed by atoms with E-state index < -0.39 is 0 Å². The van der Waals surface area contributed by atoms with Crippen molar-refractivity contribution in [3.63, 3.8) is 0 Å². The summed E-state index contributed by atoms with van der Waals surface area (Å²) < 4.78 is 6.78. The average molecular weight is 414 g/mol. The van der Waals surface area contributed by atoms with E-state index in [1.807, 2.05) is 42.3 Å². The maximum Gasteiger partial charge on any atom is 0.260 e. The minimum Gasteiger partial charge on any atom is -0.484 e. The summed E-state index contributed by atoms with van der Waals surface area (Å²) in [6, 6.07) is 12.3. The fourth-order valence-electron chi connectivity index (χ4n) is 3.12. The third kappa shape index (κ3) is 4.41. The molecule has 1 unspecified atom stereocenters. The molecule has 2 aromatic carbocycles. The molecule has 0 saturated carbocycles. The minimum atomic E-state index is 0. The van der Waals surface area contributed by atoms with Crippen molar-refractivity contribution in [3.05, 3.63) is 40.9 Å². The Morgan fingerprint density at radius 1 is 1.29 bits per heavy atom. The summed E-state index contributed by atoms with van der Waals surface area (Å²) in [5.74, 6) is 0.802. The molecule has 1 amide bonds. The van der Waals surface area contributed by atoms with Gasteiger partial charge in [0.2, 0.25) is 0 Å². The van der Waals surface area contributed by atoms with Gasteiger partial charge < -0.3 is 15.0 Å². The summed E-state index contributed by atoms with van der Waals surface area (Å²) >= 11 is 3.47. The fourth-order valence-corrected chi connectivity index (χ4v) is 3.50. The number of hydrogen-bond acceptors (Lipinski definition) is 3. The molecule has 1 saturated heterocycles. The van der Waals surface area contributed by atoms with Gasteiger partial charge in [0.1, 0.15) is 5.75 Å². The predicted octanol–water partition coefficient (Wildman–Crippen LogP) is 3.61. The molecule has 130 valence electrons. The standard InChI is InChI=1S/C18H21BrN2O2.ClH/c1-20-11-16-3-2-8-21(16)18(22)12-23-17-7-5-13-9-15(19)6-4-14(13)10-17;/h4-7,9-10,16,20H,2-3,8,11-12H2,1H3;1H. The van der Waals surface area contributed by atoms with Gasteiger partial charge in [0.05, 0.1) is 0 Å². The van der Waals surface area contributed by atoms with Crippen LogP contribution in [0.4, 0.5) is 0 Å². The van der Waals surface area contributed by atoms with Gasteiger partial charge in [-0.2, -0.15) is 0 Å². The maximum atomic E-state index is 12.4. The fraction of sp³-hybridized carbons (Fsp3) is 0.389. The molecule has 1 aliphatic heterocycles. The number of nitrogens with one attached hydrogen (secondary N) is 1. The molecule has 4 nitrogen and oxygen atoms in total. The number of benzene rings is 2. The Hall–Kier alpha value is -1.30. The van der Waals surface area contributed by atoms with Crippen LogP contribution in [0.5, 0.6) is 5.75 Å². The lowest BCUT2D eigenvalue weighted by Crippen LogP contribution is -2.43. The zero-order valence-electron chi connectivity index (χ0n) is 13.6. The van der Waals surface area contributed by atoms with E-state index in [0.717, 1.165) is 46.9 Å². The summed E-state index contributed by atoms with van der Waals surface area (Å²) in [5, 5.41) is 5.40. The first-order valence-electron chi connectivity index (χ1n) is 7.93. The summed E-state index contributed by atoms with van der Waals surface area (Å²) in [6.07, 6.45) is 2.14. The molecular weight excluding hydrogens is 392 g/mol. The molecule has 3 rings (SSSR count). The van der Waals surface area contributed by atoms with Gasteiger partial charge in [-0.05, 0) is 54.9 Å². The van der Waals surface area contributed by atoms with Crippen molar-refractivity contribution >= 4 is 45.0 Å². The lowest BCUT2D eigenvalue weighted by atomic mass is 10.1. The Morgan fingerprint density at radius 2 is 2.04 bits per heavy atom. The number of amides is 1. The van der Waals surface area contributed by atoms with Crippen LogP contribution in [0.2, 0.25) is 0 Å². The molecular formula is C18H22BrClN2O2. The van der Waals surface area contributed by atoms with Gasteiger partial charge in [-0.1, -0.05) is 28.1 Å². The lowest BCUT2D eigenvalue weighted by Gasteiger charge is -2.24. The van der Waals surface area contributed by atoms with E-state index in [4.69, 9.17) is 4.74 Å². The van der Waals surface area contributed by atoms with Crippen LogP contribution in [-0.2, 0) is 4.79 Å². The number of hydrogen-bond donors (Lipinski definition) is 1. The highest BCUT2D eigenvalue weighted by Crippen LogP contribution is 2.24. The van der Waals surface area contributed by atoms with Gasteiger partial charge in [0.25, 0.3) is 5.91 Å². The molecule has 1 fully saturated rings. The number of likely N-dealkylation sites (N-methyl/N-ethyl adjacent to an activating group) is 1. The topological polar surface area (TPSA) is 41.6 Å². The molecule has 1 N–H and O–H groups in total. The van der Waals surface area contributed by atoms with Crippen LogP contribution < -0.4 is 10.1 Å². The molecule has 0 bridgehead atoms. The first-order valence-corrected chi connectivity index (χ1v) is 8.73. The Labute approximate surface area is 157 Å². The molecule has 1 aliphatic rings. The lowest BCUT2D eigenvalue weighted by molar-refractivity contribution is -0.134. The first-order chi connectivity index (χ1) is 11.2. The number of ether oxygens (including phenoxy) is 1. The van der Waals surface area contributed by atoms with Crippen LogP contribution >= 0.6 is 28.3 Å². The predicted molar refractivity (Wildman–Crippen MR) is 103 cm³/mol. The van der Waals surface area contributed by atoms with Crippen molar-refractivity contribution in [1.82, 2.24) is 10.2 Å². The summed E-state index contributed by atoms with van der Waals surface area (Å²) in [4.78, 5) is 14.3. The molecule has 24 heavy (non-hydrogen) atoms. The average Bonchev–Trinajstić information content (AvgIpc) is 3.01. The normalized spacial score (nSPS) is 16.9. The highest BCUT2D eigenvalue weighted by Gasteiger charge is 2.28. The first kappa shape index (κ1) is 19.0. The Bertz CT molecular complexity index is 710. The molecule has 0 aliphatic carbocycles. The van der Waals surface area contributed by atoms with Crippen LogP contribution in [0.3, 0.4) is 0 Å².